The molecule has 1 N–H and O–H groups in total. The number of hydrogen-bond donors (Lipinski definition) is 1. The lowest BCUT2D eigenvalue weighted by Gasteiger charge is -2.29. The van der Waals surface area contributed by atoms with Crippen LogP contribution in [-0.4, -0.2) is 64.7 Å². The summed E-state index contributed by atoms with van der Waals surface area (Å²) in [5.41, 5.74) is 1.35. The van der Waals surface area contributed by atoms with Crippen LogP contribution in [0.2, 0.25) is 0 Å². The van der Waals surface area contributed by atoms with E-state index in [2.05, 4.69) is 5.32 Å². The zero-order chi connectivity index (χ0) is 26.0. The van der Waals surface area contributed by atoms with Gasteiger partial charge in [0.1, 0.15) is 17.5 Å². The number of amides is 2. The molecule has 0 saturated heterocycles. The maximum Gasteiger partial charge on any atom is 0.242 e. The summed E-state index contributed by atoms with van der Waals surface area (Å²) in [6, 6.07) is 13.3. The number of sulfonamides is 1. The second-order valence-corrected chi connectivity index (χ2v) is 9.98. The molecule has 2 aromatic rings. The minimum atomic E-state index is -3.56. The Hall–Kier alpha value is -3.27. The fourth-order valence-electron chi connectivity index (χ4n) is 3.58. The van der Waals surface area contributed by atoms with Crippen molar-refractivity contribution in [2.45, 2.75) is 39.3 Å². The van der Waals surface area contributed by atoms with E-state index in [0.29, 0.717) is 30.2 Å². The van der Waals surface area contributed by atoms with Gasteiger partial charge in [-0.2, -0.15) is 0 Å². The second kappa shape index (κ2) is 13.0. The number of benzene rings is 2. The Bertz CT molecular complexity index is 1070. The molecule has 0 saturated carbocycles. The van der Waals surface area contributed by atoms with Gasteiger partial charge < -0.3 is 19.7 Å². The SMILES string of the molecule is CCNC(=O)[C@H](C)N(Cc1ccc(OC)cc1)C(=O)CCCN(c1ccc(OC)cc1)S(C)(=O)=O. The first kappa shape index (κ1) is 28.0. The molecule has 1 atom stereocenters. The molecular formula is C25H35N3O6S. The monoisotopic (exact) mass is 505 g/mol. The molecule has 2 amide bonds. The van der Waals surface area contributed by atoms with Crippen LogP contribution in [0.1, 0.15) is 32.3 Å². The van der Waals surface area contributed by atoms with Crippen LogP contribution in [0.15, 0.2) is 48.5 Å². The summed E-state index contributed by atoms with van der Waals surface area (Å²) in [7, 11) is -0.443. The molecular weight excluding hydrogens is 470 g/mol. The molecule has 2 rings (SSSR count). The molecule has 0 aromatic heterocycles. The quantitative estimate of drug-likeness (QED) is 0.449. The van der Waals surface area contributed by atoms with Crippen molar-refractivity contribution in [3.05, 3.63) is 54.1 Å². The van der Waals surface area contributed by atoms with E-state index in [1.807, 2.05) is 19.1 Å². The first-order chi connectivity index (χ1) is 16.6. The lowest BCUT2D eigenvalue weighted by molar-refractivity contribution is -0.140. The number of nitrogens with one attached hydrogen (secondary N) is 1. The van der Waals surface area contributed by atoms with Crippen LogP contribution in [-0.2, 0) is 26.2 Å². The molecule has 0 spiro atoms. The fraction of sp³-hybridized carbons (Fsp3) is 0.440. The van der Waals surface area contributed by atoms with Crippen LogP contribution in [0.5, 0.6) is 11.5 Å². The highest BCUT2D eigenvalue weighted by atomic mass is 32.2. The van der Waals surface area contributed by atoms with E-state index in [-0.39, 0.29) is 31.3 Å². The van der Waals surface area contributed by atoms with Gasteiger partial charge in [-0.1, -0.05) is 12.1 Å². The second-order valence-electron chi connectivity index (χ2n) is 8.08. The molecule has 0 aliphatic carbocycles. The van der Waals surface area contributed by atoms with Crippen molar-refractivity contribution in [2.24, 2.45) is 0 Å². The number of hydrogen-bond acceptors (Lipinski definition) is 6. The summed E-state index contributed by atoms with van der Waals surface area (Å²) in [5, 5.41) is 2.76. The van der Waals surface area contributed by atoms with Crippen LogP contribution in [0.3, 0.4) is 0 Å². The van der Waals surface area contributed by atoms with Gasteiger partial charge in [-0.3, -0.25) is 13.9 Å². The molecule has 0 radical (unpaired) electrons. The lowest BCUT2D eigenvalue weighted by Crippen LogP contribution is -2.47. The maximum absolute atomic E-state index is 13.2. The largest absolute Gasteiger partial charge is 0.497 e. The number of likely N-dealkylation sites (N-methyl/N-ethyl adjacent to an activating group) is 1. The van der Waals surface area contributed by atoms with Gasteiger partial charge in [0, 0.05) is 26.1 Å². The molecule has 0 unspecified atom stereocenters. The minimum Gasteiger partial charge on any atom is -0.497 e. The summed E-state index contributed by atoms with van der Waals surface area (Å²) < 4.78 is 36.4. The molecule has 0 aliphatic rings. The maximum atomic E-state index is 13.2. The highest BCUT2D eigenvalue weighted by molar-refractivity contribution is 7.92. The predicted molar refractivity (Wildman–Crippen MR) is 136 cm³/mol. The topological polar surface area (TPSA) is 105 Å². The Morgan fingerprint density at radius 1 is 0.971 bits per heavy atom. The molecule has 0 heterocycles. The molecule has 35 heavy (non-hydrogen) atoms. The smallest absolute Gasteiger partial charge is 0.242 e. The van der Waals surface area contributed by atoms with Crippen molar-refractivity contribution in [3.63, 3.8) is 0 Å². The summed E-state index contributed by atoms with van der Waals surface area (Å²) in [6.45, 7) is 4.34. The Balaban J connectivity index is 2.14. The average Bonchev–Trinajstić information content (AvgIpc) is 2.84. The Labute approximate surface area is 208 Å². The Morgan fingerprint density at radius 2 is 1.51 bits per heavy atom. The number of ether oxygens (including phenoxy) is 2. The first-order valence-electron chi connectivity index (χ1n) is 11.4. The van der Waals surface area contributed by atoms with Crippen LogP contribution < -0.4 is 19.1 Å². The van der Waals surface area contributed by atoms with E-state index >= 15 is 0 Å². The summed E-state index contributed by atoms with van der Waals surface area (Å²) in [4.78, 5) is 27.2. The van der Waals surface area contributed by atoms with Crippen LogP contribution >= 0.6 is 0 Å². The van der Waals surface area contributed by atoms with E-state index in [1.54, 1.807) is 50.4 Å². The predicted octanol–water partition coefficient (Wildman–Crippen LogP) is 2.80. The average molecular weight is 506 g/mol. The summed E-state index contributed by atoms with van der Waals surface area (Å²) in [5.74, 6) is 0.835. The van der Waals surface area contributed by atoms with E-state index < -0.39 is 16.1 Å². The standard InChI is InChI=1S/C25H35N3O6S/c1-6-26-25(30)19(2)27(18-20-9-13-22(33-3)14-10-20)24(29)8-7-17-28(35(5,31)32)21-11-15-23(34-4)16-12-21/h9-16,19H,6-8,17-18H2,1-5H3,(H,26,30)/t19-/m0/s1. The third-order valence-corrected chi connectivity index (χ3v) is 6.74. The molecule has 2 aromatic carbocycles. The third-order valence-electron chi connectivity index (χ3n) is 5.54. The van der Waals surface area contributed by atoms with Gasteiger partial charge in [-0.15, -0.1) is 0 Å². The highest BCUT2D eigenvalue weighted by Gasteiger charge is 2.26. The molecule has 9 nitrogen and oxygen atoms in total. The van der Waals surface area contributed by atoms with Crippen molar-refractivity contribution in [3.8, 4) is 11.5 Å². The van der Waals surface area contributed by atoms with Crippen LogP contribution in [0.25, 0.3) is 0 Å². The zero-order valence-corrected chi connectivity index (χ0v) is 21.8. The number of rotatable bonds is 13. The molecule has 0 aliphatic heterocycles. The van der Waals surface area contributed by atoms with Gasteiger partial charge in [0.25, 0.3) is 0 Å². The Morgan fingerprint density at radius 3 is 2.00 bits per heavy atom. The normalized spacial score (nSPS) is 11.9. The number of carbonyl (C=O) groups is 2. The van der Waals surface area contributed by atoms with Gasteiger partial charge in [0.05, 0.1) is 26.2 Å². The van der Waals surface area contributed by atoms with Gasteiger partial charge in [-0.25, -0.2) is 8.42 Å². The van der Waals surface area contributed by atoms with E-state index in [1.165, 1.54) is 16.3 Å². The van der Waals surface area contributed by atoms with Crippen molar-refractivity contribution in [2.75, 3.05) is 37.9 Å². The van der Waals surface area contributed by atoms with Crippen molar-refractivity contribution >= 4 is 27.5 Å². The zero-order valence-electron chi connectivity index (χ0n) is 21.0. The highest BCUT2D eigenvalue weighted by Crippen LogP contribution is 2.22. The summed E-state index contributed by atoms with van der Waals surface area (Å²) >= 11 is 0. The van der Waals surface area contributed by atoms with E-state index in [4.69, 9.17) is 9.47 Å². The first-order valence-corrected chi connectivity index (χ1v) is 13.3. The molecule has 10 heteroatoms. The van der Waals surface area contributed by atoms with Crippen molar-refractivity contribution < 1.29 is 27.5 Å². The van der Waals surface area contributed by atoms with Crippen LogP contribution in [0.4, 0.5) is 5.69 Å². The molecule has 192 valence electrons. The van der Waals surface area contributed by atoms with Gasteiger partial charge in [0.2, 0.25) is 21.8 Å². The number of methoxy groups -OCH3 is 2. The van der Waals surface area contributed by atoms with Gasteiger partial charge in [0.15, 0.2) is 0 Å². The molecule has 0 bridgehead atoms. The lowest BCUT2D eigenvalue weighted by atomic mass is 10.1. The minimum absolute atomic E-state index is 0.0854. The van der Waals surface area contributed by atoms with Gasteiger partial charge >= 0.3 is 0 Å². The number of nitrogens with zero attached hydrogens (tertiary/aromatic N) is 2. The number of carbonyl (C=O) groups excluding carboxylic acids is 2. The van der Waals surface area contributed by atoms with Gasteiger partial charge in [-0.05, 0) is 62.2 Å². The van der Waals surface area contributed by atoms with E-state index in [0.717, 1.165) is 11.8 Å². The fourth-order valence-corrected chi connectivity index (χ4v) is 4.55. The summed E-state index contributed by atoms with van der Waals surface area (Å²) in [6.07, 6.45) is 1.51. The molecule has 0 fully saturated rings. The number of anilines is 1. The Kier molecular flexibility index (Phi) is 10.4. The van der Waals surface area contributed by atoms with Crippen molar-refractivity contribution in [1.82, 2.24) is 10.2 Å². The van der Waals surface area contributed by atoms with Crippen molar-refractivity contribution in [1.29, 1.82) is 0 Å². The van der Waals surface area contributed by atoms with E-state index in [9.17, 15) is 18.0 Å². The third kappa shape index (κ3) is 8.17. The van der Waals surface area contributed by atoms with Crippen LogP contribution in [0, 0.1) is 0 Å².